The number of hydrogen-bond donors (Lipinski definition) is 2. The van der Waals surface area contributed by atoms with Gasteiger partial charge < -0.3 is 10.4 Å². The fourth-order valence-corrected chi connectivity index (χ4v) is 4.54. The van der Waals surface area contributed by atoms with Gasteiger partial charge in [-0.1, -0.05) is 18.9 Å². The van der Waals surface area contributed by atoms with Gasteiger partial charge in [-0.3, -0.25) is 14.5 Å². The molecule has 4 heterocycles. The summed E-state index contributed by atoms with van der Waals surface area (Å²) in [7, 11) is 1.88. The topological polar surface area (TPSA) is 111 Å². The van der Waals surface area contributed by atoms with E-state index in [4.69, 9.17) is 0 Å². The van der Waals surface area contributed by atoms with E-state index in [1.54, 1.807) is 15.6 Å². The summed E-state index contributed by atoms with van der Waals surface area (Å²) in [5.41, 5.74) is 4.86. The van der Waals surface area contributed by atoms with Gasteiger partial charge in [-0.05, 0) is 67.1 Å². The van der Waals surface area contributed by atoms with E-state index in [0.29, 0.717) is 24.4 Å². The summed E-state index contributed by atoms with van der Waals surface area (Å²) in [5.74, 6) is 0.328. The normalized spacial score (nSPS) is 17.9. The number of aliphatic hydroxyl groups excluding tert-OH is 1. The Morgan fingerprint density at radius 3 is 2.71 bits per heavy atom. The van der Waals surface area contributed by atoms with Gasteiger partial charge in [-0.2, -0.15) is 10.2 Å². The zero-order valence-electron chi connectivity index (χ0n) is 19.9. The number of rotatable bonds is 6. The van der Waals surface area contributed by atoms with Crippen LogP contribution in [0.5, 0.6) is 0 Å². The minimum atomic E-state index is -0.521. The Hall–Kier alpha value is -3.85. The highest BCUT2D eigenvalue weighted by Crippen LogP contribution is 2.23. The number of pyridine rings is 2. The van der Waals surface area contributed by atoms with E-state index >= 15 is 0 Å². The van der Waals surface area contributed by atoms with Gasteiger partial charge in [0.05, 0.1) is 17.8 Å². The van der Waals surface area contributed by atoms with E-state index in [9.17, 15) is 9.90 Å². The van der Waals surface area contributed by atoms with Crippen LogP contribution in [0.4, 0.5) is 0 Å². The summed E-state index contributed by atoms with van der Waals surface area (Å²) in [6, 6.07) is 9.33. The summed E-state index contributed by atoms with van der Waals surface area (Å²) in [5, 5.41) is 22.0. The van der Waals surface area contributed by atoms with Crippen LogP contribution in [0.3, 0.4) is 0 Å². The van der Waals surface area contributed by atoms with Gasteiger partial charge in [-0.15, -0.1) is 0 Å². The molecular formula is C26H29N7O2. The molecule has 0 bridgehead atoms. The lowest BCUT2D eigenvalue weighted by atomic mass is 9.92. The second kappa shape index (κ2) is 9.79. The van der Waals surface area contributed by atoms with Gasteiger partial charge in [0.2, 0.25) is 0 Å². The minimum Gasteiger partial charge on any atom is -0.391 e. The largest absolute Gasteiger partial charge is 0.391 e. The molecule has 1 fully saturated rings. The first-order valence-electron chi connectivity index (χ1n) is 11.9. The predicted octanol–water partition coefficient (Wildman–Crippen LogP) is 3.00. The fraction of sp³-hybridized carbons (Fsp3) is 0.346. The predicted molar refractivity (Wildman–Crippen MR) is 131 cm³/mol. The second-order valence-electron chi connectivity index (χ2n) is 9.10. The Morgan fingerprint density at radius 2 is 2.03 bits per heavy atom. The number of aromatic nitrogens is 6. The summed E-state index contributed by atoms with van der Waals surface area (Å²) in [6.07, 6.45) is 10.8. The molecule has 0 aromatic carbocycles. The first-order valence-corrected chi connectivity index (χ1v) is 11.9. The van der Waals surface area contributed by atoms with E-state index in [-0.39, 0.29) is 11.9 Å². The summed E-state index contributed by atoms with van der Waals surface area (Å²) in [4.78, 5) is 22.4. The van der Waals surface area contributed by atoms with Crippen LogP contribution < -0.4 is 5.32 Å². The smallest absolute Gasteiger partial charge is 0.270 e. The molecule has 1 aliphatic rings. The number of aryl methyl sites for hydroxylation is 1. The van der Waals surface area contributed by atoms with E-state index < -0.39 is 6.10 Å². The van der Waals surface area contributed by atoms with Crippen LogP contribution in [-0.2, 0) is 13.5 Å². The molecule has 0 unspecified atom stereocenters. The number of nitrogens with one attached hydrogen (secondary N) is 1. The zero-order chi connectivity index (χ0) is 24.4. The molecule has 4 aromatic rings. The molecule has 0 spiro atoms. The lowest BCUT2D eigenvalue weighted by Crippen LogP contribution is -2.45. The monoisotopic (exact) mass is 471 g/mol. The summed E-state index contributed by atoms with van der Waals surface area (Å²) in [6.45, 7) is 1.99. The van der Waals surface area contributed by atoms with Crippen molar-refractivity contribution < 1.29 is 9.90 Å². The van der Waals surface area contributed by atoms with Crippen molar-refractivity contribution in [2.75, 3.05) is 0 Å². The highest BCUT2D eigenvalue weighted by molar-refractivity contribution is 5.93. The third-order valence-corrected chi connectivity index (χ3v) is 6.55. The highest BCUT2D eigenvalue weighted by atomic mass is 16.3. The average molecular weight is 472 g/mol. The van der Waals surface area contributed by atoms with Crippen molar-refractivity contribution in [3.63, 3.8) is 0 Å². The van der Waals surface area contributed by atoms with Gasteiger partial charge in [0, 0.05) is 31.8 Å². The van der Waals surface area contributed by atoms with Crippen LogP contribution >= 0.6 is 0 Å². The first-order chi connectivity index (χ1) is 17.0. The van der Waals surface area contributed by atoms with Crippen LogP contribution in [0.25, 0.3) is 17.2 Å². The summed E-state index contributed by atoms with van der Waals surface area (Å²) < 4.78 is 3.43. The fourth-order valence-electron chi connectivity index (χ4n) is 4.54. The molecule has 180 valence electrons. The molecule has 35 heavy (non-hydrogen) atoms. The Bertz CT molecular complexity index is 1310. The molecule has 2 N–H and O–H groups in total. The molecule has 0 radical (unpaired) electrons. The third-order valence-electron chi connectivity index (χ3n) is 6.55. The molecule has 0 aliphatic heterocycles. The van der Waals surface area contributed by atoms with E-state index in [0.717, 1.165) is 47.3 Å². The molecule has 5 rings (SSSR count). The highest BCUT2D eigenvalue weighted by Gasteiger charge is 2.26. The number of amides is 1. The van der Waals surface area contributed by atoms with Crippen molar-refractivity contribution in [3.05, 3.63) is 77.5 Å². The van der Waals surface area contributed by atoms with Crippen molar-refractivity contribution in [2.45, 2.75) is 51.2 Å². The van der Waals surface area contributed by atoms with E-state index in [1.807, 2.05) is 62.9 Å². The van der Waals surface area contributed by atoms with E-state index in [1.165, 1.54) is 0 Å². The molecule has 9 nitrogen and oxygen atoms in total. The van der Waals surface area contributed by atoms with Gasteiger partial charge >= 0.3 is 0 Å². The third kappa shape index (κ3) is 5.00. The first kappa shape index (κ1) is 22.9. The standard InChI is InChI=1S/C26H29N7O2/c1-17-19(14-18-8-9-20(27-16-18)21-10-13-32(2)31-21)15-23(29-25(17)33-12-5-11-28-33)26(35)30-22-6-3-4-7-24(22)34/h5,8-13,15-16,22,24,34H,3-4,6-7,14H2,1-2H3,(H,30,35)/t22-,24-/m0/s1. The Balaban J connectivity index is 1.44. The van der Waals surface area contributed by atoms with Crippen LogP contribution in [0.15, 0.2) is 55.1 Å². The maximum Gasteiger partial charge on any atom is 0.270 e. The van der Waals surface area contributed by atoms with Crippen molar-refractivity contribution in [2.24, 2.45) is 7.05 Å². The summed E-state index contributed by atoms with van der Waals surface area (Å²) >= 11 is 0. The van der Waals surface area contributed by atoms with Gasteiger partial charge in [0.1, 0.15) is 11.4 Å². The number of carbonyl (C=O) groups is 1. The van der Waals surface area contributed by atoms with E-state index in [2.05, 4.69) is 25.5 Å². The van der Waals surface area contributed by atoms with Crippen molar-refractivity contribution in [1.82, 2.24) is 34.8 Å². The van der Waals surface area contributed by atoms with Crippen molar-refractivity contribution in [1.29, 1.82) is 0 Å². The molecule has 1 aliphatic carbocycles. The Kier molecular flexibility index (Phi) is 6.41. The molecule has 0 saturated heterocycles. The maximum absolute atomic E-state index is 13.2. The Morgan fingerprint density at radius 1 is 1.17 bits per heavy atom. The maximum atomic E-state index is 13.2. The lowest BCUT2D eigenvalue weighted by molar-refractivity contribution is 0.0713. The van der Waals surface area contributed by atoms with Gasteiger partial charge in [0.25, 0.3) is 5.91 Å². The SMILES string of the molecule is Cc1c(Cc2ccc(-c3ccn(C)n3)nc2)cc(C(=O)N[C@H]2CCCC[C@@H]2O)nc1-n1cccn1. The number of hydrogen-bond acceptors (Lipinski definition) is 6. The number of nitrogens with zero attached hydrogens (tertiary/aromatic N) is 6. The molecule has 1 amide bonds. The Labute approximate surface area is 203 Å². The minimum absolute atomic E-state index is 0.251. The number of carbonyl (C=O) groups excluding carboxylic acids is 1. The molecular weight excluding hydrogens is 442 g/mol. The molecule has 2 atom stereocenters. The number of aliphatic hydroxyl groups is 1. The molecule has 1 saturated carbocycles. The second-order valence-corrected chi connectivity index (χ2v) is 9.10. The van der Waals surface area contributed by atoms with Gasteiger partial charge in [0.15, 0.2) is 5.82 Å². The lowest BCUT2D eigenvalue weighted by Gasteiger charge is -2.28. The average Bonchev–Trinajstić information content (AvgIpc) is 3.54. The quantitative estimate of drug-likeness (QED) is 0.447. The van der Waals surface area contributed by atoms with Crippen LogP contribution in [-0.4, -0.2) is 52.7 Å². The van der Waals surface area contributed by atoms with Crippen LogP contribution in [0, 0.1) is 6.92 Å². The van der Waals surface area contributed by atoms with Crippen LogP contribution in [0.1, 0.15) is 52.9 Å². The molecule has 4 aromatic heterocycles. The zero-order valence-corrected chi connectivity index (χ0v) is 19.9. The van der Waals surface area contributed by atoms with Crippen LogP contribution in [0.2, 0.25) is 0 Å². The molecule has 9 heteroatoms. The van der Waals surface area contributed by atoms with Crippen molar-refractivity contribution >= 4 is 5.91 Å². The van der Waals surface area contributed by atoms with Crippen molar-refractivity contribution in [3.8, 4) is 17.2 Å². The van der Waals surface area contributed by atoms with Gasteiger partial charge in [-0.25, -0.2) is 9.67 Å².